The van der Waals surface area contributed by atoms with Crippen LogP contribution in [-0.4, -0.2) is 49.0 Å². The first-order valence-electron chi connectivity index (χ1n) is 11.0. The van der Waals surface area contributed by atoms with Crippen molar-refractivity contribution in [1.82, 2.24) is 9.80 Å². The average Bonchev–Trinajstić information content (AvgIpc) is 3.36. The number of nitrogens with zero attached hydrogens (tertiary/aromatic N) is 2. The highest BCUT2D eigenvalue weighted by Crippen LogP contribution is 2.36. The first kappa shape index (κ1) is 22.8. The topological polar surface area (TPSA) is 32.8 Å². The maximum absolute atomic E-state index is 12.9. The zero-order valence-corrected chi connectivity index (χ0v) is 19.8. The van der Waals surface area contributed by atoms with E-state index in [2.05, 4.69) is 58.7 Å². The number of ether oxygens (including phenoxy) is 1. The van der Waals surface area contributed by atoms with Crippen molar-refractivity contribution < 1.29 is 9.53 Å². The Bertz CT molecular complexity index is 803. The lowest BCUT2D eigenvalue weighted by molar-refractivity contribution is -0.135. The molecule has 0 radical (unpaired) electrons. The molecular formula is C25H36N2O2S. The minimum Gasteiger partial charge on any atom is -0.497 e. The normalized spacial score (nSPS) is 19.6. The quantitative estimate of drug-likeness (QED) is 0.556. The molecule has 30 heavy (non-hydrogen) atoms. The van der Waals surface area contributed by atoms with E-state index in [4.69, 9.17) is 4.74 Å². The number of carbonyl (C=O) groups is 1. The van der Waals surface area contributed by atoms with E-state index in [0.29, 0.717) is 17.8 Å². The summed E-state index contributed by atoms with van der Waals surface area (Å²) in [5.41, 5.74) is 2.69. The Hall–Kier alpha value is -1.85. The number of hydrogen-bond donors (Lipinski definition) is 0. The Balaban J connectivity index is 1.83. The van der Waals surface area contributed by atoms with Crippen molar-refractivity contribution in [2.24, 2.45) is 17.8 Å². The first-order chi connectivity index (χ1) is 14.4. The van der Waals surface area contributed by atoms with Crippen molar-refractivity contribution in [2.45, 2.75) is 40.2 Å². The monoisotopic (exact) mass is 428 g/mol. The van der Waals surface area contributed by atoms with Crippen LogP contribution in [0, 0.1) is 17.8 Å². The van der Waals surface area contributed by atoms with Crippen LogP contribution in [-0.2, 0) is 11.3 Å². The van der Waals surface area contributed by atoms with Gasteiger partial charge >= 0.3 is 0 Å². The molecule has 2 heterocycles. The first-order valence-corrected chi connectivity index (χ1v) is 12.0. The predicted molar refractivity (Wildman–Crippen MR) is 125 cm³/mol. The van der Waals surface area contributed by atoms with Gasteiger partial charge in [0.25, 0.3) is 0 Å². The van der Waals surface area contributed by atoms with Gasteiger partial charge in [-0.2, -0.15) is 11.3 Å². The van der Waals surface area contributed by atoms with Crippen LogP contribution in [0.5, 0.6) is 5.75 Å². The van der Waals surface area contributed by atoms with Crippen molar-refractivity contribution in [3.63, 3.8) is 0 Å². The Kier molecular flexibility index (Phi) is 7.95. The molecular weight excluding hydrogens is 392 g/mol. The molecule has 3 rings (SSSR count). The third kappa shape index (κ3) is 5.86. The average molecular weight is 429 g/mol. The molecule has 1 saturated heterocycles. The molecule has 1 aromatic heterocycles. The Morgan fingerprint density at radius 3 is 2.67 bits per heavy atom. The second-order valence-electron chi connectivity index (χ2n) is 9.26. The molecule has 1 aliphatic rings. The highest BCUT2D eigenvalue weighted by atomic mass is 32.1. The van der Waals surface area contributed by atoms with Gasteiger partial charge in [0.05, 0.1) is 7.11 Å². The van der Waals surface area contributed by atoms with E-state index in [1.807, 2.05) is 19.9 Å². The summed E-state index contributed by atoms with van der Waals surface area (Å²) in [6, 6.07) is 10.7. The lowest BCUT2D eigenvalue weighted by atomic mass is 9.88. The molecule has 164 valence electrons. The van der Waals surface area contributed by atoms with Gasteiger partial charge in [-0.3, -0.25) is 9.69 Å². The van der Waals surface area contributed by atoms with Gasteiger partial charge in [0, 0.05) is 44.6 Å². The molecule has 4 nitrogen and oxygen atoms in total. The lowest BCUT2D eigenvalue weighted by Crippen LogP contribution is -2.41. The predicted octanol–water partition coefficient (Wildman–Crippen LogP) is 5.11. The molecule has 1 aromatic carbocycles. The van der Waals surface area contributed by atoms with Crippen LogP contribution in [0.15, 0.2) is 41.1 Å². The lowest BCUT2D eigenvalue weighted by Gasteiger charge is -2.31. The molecule has 0 unspecified atom stereocenters. The third-order valence-electron chi connectivity index (χ3n) is 5.87. The van der Waals surface area contributed by atoms with Crippen molar-refractivity contribution in [2.75, 3.05) is 33.3 Å². The Morgan fingerprint density at radius 1 is 1.23 bits per heavy atom. The Labute approximate surface area is 185 Å². The van der Waals surface area contributed by atoms with E-state index in [1.54, 1.807) is 18.4 Å². The van der Waals surface area contributed by atoms with Crippen molar-refractivity contribution in [3.8, 4) is 5.75 Å². The number of amides is 1. The SMILES string of the molecule is COc1cccc([C@@H]2CN(Cc3ccsc3)C[C@@H]2CN(CC(C)C)C(=O)C(C)C)c1. The molecule has 2 aromatic rings. The van der Waals surface area contributed by atoms with Gasteiger partial charge in [0.2, 0.25) is 5.91 Å². The fraction of sp³-hybridized carbons (Fsp3) is 0.560. The Morgan fingerprint density at radius 2 is 2.03 bits per heavy atom. The van der Waals surface area contributed by atoms with Gasteiger partial charge in [-0.1, -0.05) is 39.8 Å². The zero-order valence-electron chi connectivity index (χ0n) is 19.0. The van der Waals surface area contributed by atoms with Crippen molar-refractivity contribution >= 4 is 17.2 Å². The second-order valence-corrected chi connectivity index (χ2v) is 10.0. The van der Waals surface area contributed by atoms with E-state index in [-0.39, 0.29) is 11.8 Å². The fourth-order valence-electron chi connectivity index (χ4n) is 4.51. The van der Waals surface area contributed by atoms with Gasteiger partial charge < -0.3 is 9.64 Å². The number of rotatable bonds is 9. The highest BCUT2D eigenvalue weighted by Gasteiger charge is 2.36. The second kappa shape index (κ2) is 10.5. The number of methoxy groups -OCH3 is 1. The molecule has 0 N–H and O–H groups in total. The van der Waals surface area contributed by atoms with Crippen LogP contribution >= 0.6 is 11.3 Å². The number of hydrogen-bond acceptors (Lipinski definition) is 4. The number of benzene rings is 1. The molecule has 0 saturated carbocycles. The van der Waals surface area contributed by atoms with Gasteiger partial charge in [0.15, 0.2) is 0 Å². The molecule has 0 aliphatic carbocycles. The molecule has 5 heteroatoms. The minimum absolute atomic E-state index is 0.0299. The standard InChI is InChI=1S/C25H36N2O2S/c1-18(2)12-27(25(28)19(3)4)15-22-14-26(13-20-9-10-30-17-20)16-24(22)21-7-6-8-23(11-21)29-5/h6-11,17-19,22,24H,12-16H2,1-5H3/t22-,24+/m1/s1. The van der Waals surface area contributed by atoms with Crippen LogP contribution in [0.2, 0.25) is 0 Å². The minimum atomic E-state index is 0.0299. The van der Waals surface area contributed by atoms with E-state index >= 15 is 0 Å². The molecule has 2 atom stereocenters. The van der Waals surface area contributed by atoms with Crippen molar-refractivity contribution in [3.05, 3.63) is 52.2 Å². The summed E-state index contributed by atoms with van der Waals surface area (Å²) in [5, 5.41) is 4.38. The van der Waals surface area contributed by atoms with Crippen LogP contribution in [0.25, 0.3) is 0 Å². The van der Waals surface area contributed by atoms with Crippen molar-refractivity contribution in [1.29, 1.82) is 0 Å². The summed E-state index contributed by atoms with van der Waals surface area (Å²) in [6.07, 6.45) is 0. The van der Waals surface area contributed by atoms with Gasteiger partial charge in [-0.05, 0) is 51.9 Å². The number of thiophene rings is 1. The smallest absolute Gasteiger partial charge is 0.225 e. The zero-order chi connectivity index (χ0) is 21.7. The fourth-order valence-corrected chi connectivity index (χ4v) is 5.17. The summed E-state index contributed by atoms with van der Waals surface area (Å²) in [5.74, 6) is 2.48. The van der Waals surface area contributed by atoms with E-state index < -0.39 is 0 Å². The molecule has 0 spiro atoms. The maximum Gasteiger partial charge on any atom is 0.225 e. The van der Waals surface area contributed by atoms with Gasteiger partial charge in [0.1, 0.15) is 5.75 Å². The summed E-state index contributed by atoms with van der Waals surface area (Å²) in [6.45, 7) is 13.0. The van der Waals surface area contributed by atoms with E-state index in [9.17, 15) is 4.79 Å². The summed E-state index contributed by atoms with van der Waals surface area (Å²) < 4.78 is 5.49. The van der Waals surface area contributed by atoms with Crippen LogP contribution in [0.1, 0.15) is 44.7 Å². The van der Waals surface area contributed by atoms with Crippen LogP contribution < -0.4 is 4.74 Å². The van der Waals surface area contributed by atoms with E-state index in [1.165, 1.54) is 11.1 Å². The highest BCUT2D eigenvalue weighted by molar-refractivity contribution is 7.07. The summed E-state index contributed by atoms with van der Waals surface area (Å²) >= 11 is 1.75. The molecule has 1 fully saturated rings. The number of carbonyl (C=O) groups excluding carboxylic acids is 1. The van der Waals surface area contributed by atoms with Gasteiger partial charge in [-0.15, -0.1) is 0 Å². The van der Waals surface area contributed by atoms with E-state index in [0.717, 1.165) is 38.5 Å². The third-order valence-corrected chi connectivity index (χ3v) is 6.60. The summed E-state index contributed by atoms with van der Waals surface area (Å²) in [4.78, 5) is 17.6. The number of likely N-dealkylation sites (tertiary alicyclic amines) is 1. The van der Waals surface area contributed by atoms with Crippen LogP contribution in [0.4, 0.5) is 0 Å². The summed E-state index contributed by atoms with van der Waals surface area (Å²) in [7, 11) is 1.72. The van der Waals surface area contributed by atoms with Crippen LogP contribution in [0.3, 0.4) is 0 Å². The largest absolute Gasteiger partial charge is 0.497 e. The van der Waals surface area contributed by atoms with Gasteiger partial charge in [-0.25, -0.2) is 0 Å². The molecule has 1 aliphatic heterocycles. The molecule has 1 amide bonds. The molecule has 0 bridgehead atoms. The maximum atomic E-state index is 12.9.